The van der Waals surface area contributed by atoms with Gasteiger partial charge in [0.2, 0.25) is 5.95 Å². The Labute approximate surface area is 97.7 Å². The van der Waals surface area contributed by atoms with Crippen LogP contribution in [0.15, 0.2) is 18.3 Å². The van der Waals surface area contributed by atoms with Gasteiger partial charge in [0.1, 0.15) is 6.04 Å². The smallest absolute Gasteiger partial charge is 0.326 e. The van der Waals surface area contributed by atoms with Crippen molar-refractivity contribution in [3.8, 4) is 0 Å². The first-order valence-corrected chi connectivity index (χ1v) is 5.20. The molecule has 1 rings (SSSR count). The quantitative estimate of drug-likeness (QED) is 0.758. The van der Waals surface area contributed by atoms with Gasteiger partial charge in [-0.25, -0.2) is 9.78 Å². The Morgan fingerprint density at radius 2 is 2.29 bits per heavy atom. The van der Waals surface area contributed by atoms with Crippen molar-refractivity contribution in [2.75, 3.05) is 0 Å². The molecule has 1 heterocycles. The molecule has 0 spiro atoms. The van der Waals surface area contributed by atoms with E-state index in [0.717, 1.165) is 0 Å². The van der Waals surface area contributed by atoms with Crippen molar-refractivity contribution in [1.29, 1.82) is 0 Å². The molecule has 0 bridgehead atoms. The van der Waals surface area contributed by atoms with Crippen molar-refractivity contribution >= 4 is 11.9 Å². The molecule has 0 aromatic carbocycles. The van der Waals surface area contributed by atoms with Gasteiger partial charge in [-0.15, -0.1) is 0 Å². The van der Waals surface area contributed by atoms with Crippen molar-refractivity contribution in [3.63, 3.8) is 0 Å². The lowest BCUT2D eigenvalue weighted by Gasteiger charge is -2.13. The van der Waals surface area contributed by atoms with Crippen LogP contribution in [-0.4, -0.2) is 28.0 Å². The highest BCUT2D eigenvalue weighted by atomic mass is 19.1. The van der Waals surface area contributed by atoms with Crippen LogP contribution in [0.25, 0.3) is 0 Å². The molecule has 0 saturated heterocycles. The highest BCUT2D eigenvalue weighted by Crippen LogP contribution is 2.05. The van der Waals surface area contributed by atoms with E-state index in [0.29, 0.717) is 12.8 Å². The summed E-state index contributed by atoms with van der Waals surface area (Å²) < 4.78 is 13.2. The minimum absolute atomic E-state index is 0.255. The van der Waals surface area contributed by atoms with E-state index >= 15 is 0 Å². The number of hydrogen-bond acceptors (Lipinski definition) is 3. The van der Waals surface area contributed by atoms with Gasteiger partial charge in [-0.1, -0.05) is 13.3 Å². The van der Waals surface area contributed by atoms with E-state index in [1.54, 1.807) is 6.92 Å². The maximum atomic E-state index is 13.2. The molecule has 0 aliphatic carbocycles. The van der Waals surface area contributed by atoms with Gasteiger partial charge in [0.15, 0.2) is 0 Å². The number of carbonyl (C=O) groups excluding carboxylic acids is 1. The fraction of sp³-hybridized carbons (Fsp3) is 0.364. The number of nitrogens with zero attached hydrogens (tertiary/aromatic N) is 1. The molecular formula is C11H13FN2O3. The van der Waals surface area contributed by atoms with Gasteiger partial charge in [-0.3, -0.25) is 4.79 Å². The van der Waals surface area contributed by atoms with Crippen molar-refractivity contribution in [3.05, 3.63) is 29.8 Å². The third kappa shape index (κ3) is 3.51. The van der Waals surface area contributed by atoms with Crippen LogP contribution in [0.1, 0.15) is 30.1 Å². The van der Waals surface area contributed by atoms with Crippen LogP contribution in [-0.2, 0) is 4.79 Å². The zero-order valence-corrected chi connectivity index (χ0v) is 9.31. The third-order valence-electron chi connectivity index (χ3n) is 2.18. The molecule has 17 heavy (non-hydrogen) atoms. The van der Waals surface area contributed by atoms with Crippen molar-refractivity contribution in [2.45, 2.75) is 25.8 Å². The topological polar surface area (TPSA) is 79.3 Å². The standard InChI is InChI=1S/C11H13FN2O3/c1-2-4-8(11(16)17)14-10(15)7-5-3-6-13-9(7)12/h3,5-6,8H,2,4H2,1H3,(H,14,15)(H,16,17). The number of aliphatic carboxylic acids is 1. The Bertz CT molecular complexity index is 423. The SMILES string of the molecule is CCCC(NC(=O)c1cccnc1F)C(=O)O. The number of carboxylic acids is 1. The Morgan fingerprint density at radius 1 is 1.59 bits per heavy atom. The van der Waals surface area contributed by atoms with Crippen LogP contribution in [0, 0.1) is 5.95 Å². The van der Waals surface area contributed by atoms with Crippen molar-refractivity contribution in [1.82, 2.24) is 10.3 Å². The molecule has 0 saturated carbocycles. The first-order valence-electron chi connectivity index (χ1n) is 5.20. The summed E-state index contributed by atoms with van der Waals surface area (Å²) in [5.41, 5.74) is -0.255. The molecule has 92 valence electrons. The van der Waals surface area contributed by atoms with Crippen LogP contribution in [0.2, 0.25) is 0 Å². The average Bonchev–Trinajstić information content (AvgIpc) is 2.28. The maximum Gasteiger partial charge on any atom is 0.326 e. The van der Waals surface area contributed by atoms with Gasteiger partial charge in [-0.05, 0) is 18.6 Å². The molecular weight excluding hydrogens is 227 g/mol. The Morgan fingerprint density at radius 3 is 2.82 bits per heavy atom. The molecule has 0 aliphatic rings. The van der Waals surface area contributed by atoms with Crippen LogP contribution < -0.4 is 5.32 Å². The highest BCUT2D eigenvalue weighted by molar-refractivity contribution is 5.96. The minimum Gasteiger partial charge on any atom is -0.480 e. The van der Waals surface area contributed by atoms with Crippen molar-refractivity contribution in [2.24, 2.45) is 0 Å². The zero-order valence-electron chi connectivity index (χ0n) is 9.31. The molecule has 5 nitrogen and oxygen atoms in total. The van der Waals surface area contributed by atoms with E-state index in [1.807, 2.05) is 0 Å². The number of pyridine rings is 1. The normalized spacial score (nSPS) is 11.9. The van der Waals surface area contributed by atoms with Gasteiger partial charge >= 0.3 is 5.97 Å². The fourth-order valence-electron chi connectivity index (χ4n) is 1.34. The number of amides is 1. The van der Waals surface area contributed by atoms with Crippen LogP contribution in [0.3, 0.4) is 0 Å². The molecule has 1 amide bonds. The molecule has 0 fully saturated rings. The number of aromatic nitrogens is 1. The third-order valence-corrected chi connectivity index (χ3v) is 2.18. The Hall–Kier alpha value is -1.98. The first kappa shape index (κ1) is 13.1. The molecule has 1 unspecified atom stereocenters. The first-order chi connectivity index (χ1) is 8.06. The fourth-order valence-corrected chi connectivity index (χ4v) is 1.34. The lowest BCUT2D eigenvalue weighted by Crippen LogP contribution is -2.41. The van der Waals surface area contributed by atoms with Gasteiger partial charge < -0.3 is 10.4 Å². The van der Waals surface area contributed by atoms with Crippen molar-refractivity contribution < 1.29 is 19.1 Å². The maximum absolute atomic E-state index is 13.2. The van der Waals surface area contributed by atoms with E-state index in [2.05, 4.69) is 10.3 Å². The summed E-state index contributed by atoms with van der Waals surface area (Å²) in [4.78, 5) is 25.7. The van der Waals surface area contributed by atoms with Crippen LogP contribution in [0.5, 0.6) is 0 Å². The summed E-state index contributed by atoms with van der Waals surface area (Å²) in [7, 11) is 0. The highest BCUT2D eigenvalue weighted by Gasteiger charge is 2.21. The molecule has 6 heteroatoms. The number of halogens is 1. The monoisotopic (exact) mass is 240 g/mol. The van der Waals surface area contributed by atoms with E-state index in [-0.39, 0.29) is 5.56 Å². The average molecular weight is 240 g/mol. The van der Waals surface area contributed by atoms with Gasteiger partial charge in [0.25, 0.3) is 5.91 Å². The summed E-state index contributed by atoms with van der Waals surface area (Å²) in [6.07, 6.45) is 2.11. The second-order valence-electron chi connectivity index (χ2n) is 3.49. The summed E-state index contributed by atoms with van der Waals surface area (Å²) in [6, 6.07) is 1.66. The van der Waals surface area contributed by atoms with Crippen LogP contribution in [0.4, 0.5) is 4.39 Å². The van der Waals surface area contributed by atoms with E-state index in [4.69, 9.17) is 5.11 Å². The summed E-state index contributed by atoms with van der Waals surface area (Å²) >= 11 is 0. The zero-order chi connectivity index (χ0) is 12.8. The minimum atomic E-state index is -1.13. The summed E-state index contributed by atoms with van der Waals surface area (Å²) in [5.74, 6) is -2.81. The summed E-state index contributed by atoms with van der Waals surface area (Å²) in [5, 5.41) is 11.1. The number of nitrogens with one attached hydrogen (secondary N) is 1. The predicted molar refractivity (Wildman–Crippen MR) is 58.0 cm³/mol. The van der Waals surface area contributed by atoms with Gasteiger partial charge in [0, 0.05) is 6.20 Å². The largest absolute Gasteiger partial charge is 0.480 e. The number of hydrogen-bond donors (Lipinski definition) is 2. The number of carboxylic acid groups (broad SMARTS) is 1. The van der Waals surface area contributed by atoms with Gasteiger partial charge in [-0.2, -0.15) is 4.39 Å². The van der Waals surface area contributed by atoms with Crippen LogP contribution >= 0.6 is 0 Å². The molecule has 1 atom stereocenters. The molecule has 0 aliphatic heterocycles. The second-order valence-corrected chi connectivity index (χ2v) is 3.49. The number of carbonyl (C=O) groups is 2. The molecule has 2 N–H and O–H groups in total. The lowest BCUT2D eigenvalue weighted by atomic mass is 10.1. The van der Waals surface area contributed by atoms with Gasteiger partial charge in [0.05, 0.1) is 5.56 Å². The van der Waals surface area contributed by atoms with E-state index in [9.17, 15) is 14.0 Å². The van der Waals surface area contributed by atoms with E-state index < -0.39 is 23.9 Å². The van der Waals surface area contributed by atoms with E-state index in [1.165, 1.54) is 18.3 Å². The molecule has 0 radical (unpaired) electrons. The second kappa shape index (κ2) is 5.93. The Balaban J connectivity index is 2.77. The predicted octanol–water partition coefficient (Wildman–Crippen LogP) is 1.20. The molecule has 1 aromatic heterocycles. The summed E-state index contributed by atoms with van der Waals surface area (Å²) in [6.45, 7) is 1.80. The number of rotatable bonds is 5. The molecule has 1 aromatic rings. The Kier molecular flexibility index (Phi) is 4.56. The lowest BCUT2D eigenvalue weighted by molar-refractivity contribution is -0.139.